The molecule has 4 nitrogen and oxygen atoms in total. The summed E-state index contributed by atoms with van der Waals surface area (Å²) < 4.78 is 0. The first kappa shape index (κ1) is 16.7. The van der Waals surface area contributed by atoms with Crippen LogP contribution in [0.5, 0.6) is 0 Å². The van der Waals surface area contributed by atoms with Crippen LogP contribution in [0.4, 0.5) is 0 Å². The van der Waals surface area contributed by atoms with Crippen LogP contribution in [0.2, 0.25) is 0 Å². The normalized spacial score (nSPS) is 29.9. The molecule has 0 aromatic rings. The van der Waals surface area contributed by atoms with Gasteiger partial charge < -0.3 is 15.3 Å². The van der Waals surface area contributed by atoms with Gasteiger partial charge in [0, 0.05) is 13.1 Å². The number of aliphatic hydroxyl groups excluding tert-OH is 1. The molecule has 2 rings (SSSR count). The number of halogens is 1. The monoisotopic (exact) mass is 290 g/mol. The molecule has 0 aromatic carbocycles. The van der Waals surface area contributed by atoms with Gasteiger partial charge in [-0.25, -0.2) is 0 Å². The number of carbonyl (C=O) groups is 1. The lowest BCUT2D eigenvalue weighted by molar-refractivity contribution is -0.140. The number of amides is 1. The van der Waals surface area contributed by atoms with E-state index in [0.717, 1.165) is 51.7 Å². The standard InChI is InChI=1S/C14H26N2O2.ClH/c1-3-14(7-4-8-15-14)13(18)16-9-5-12(6-10-16)11(2)17;/h11-12,15,17H,3-10H2,1-2H3;1H. The third kappa shape index (κ3) is 3.41. The SMILES string of the molecule is CCC1(C(=O)N2CCC(C(C)O)CC2)CCCN1.Cl. The Morgan fingerprint density at radius 3 is 2.53 bits per heavy atom. The highest BCUT2D eigenvalue weighted by atomic mass is 35.5. The number of nitrogens with zero attached hydrogens (tertiary/aromatic N) is 1. The maximum atomic E-state index is 12.6. The van der Waals surface area contributed by atoms with Gasteiger partial charge in [-0.1, -0.05) is 6.92 Å². The molecule has 2 N–H and O–H groups in total. The summed E-state index contributed by atoms with van der Waals surface area (Å²) in [4.78, 5) is 14.6. The van der Waals surface area contributed by atoms with E-state index in [2.05, 4.69) is 12.2 Å². The highest BCUT2D eigenvalue weighted by molar-refractivity contribution is 5.86. The van der Waals surface area contributed by atoms with Gasteiger partial charge >= 0.3 is 0 Å². The lowest BCUT2D eigenvalue weighted by Gasteiger charge is -2.38. The van der Waals surface area contributed by atoms with Crippen molar-refractivity contribution in [2.45, 2.75) is 57.6 Å². The van der Waals surface area contributed by atoms with E-state index in [1.165, 1.54) is 0 Å². The molecule has 112 valence electrons. The number of carbonyl (C=O) groups excluding carboxylic acids is 1. The first-order valence-corrected chi connectivity index (χ1v) is 7.31. The average molecular weight is 291 g/mol. The molecule has 0 saturated carbocycles. The fourth-order valence-electron chi connectivity index (χ4n) is 3.33. The molecular formula is C14H27ClN2O2. The van der Waals surface area contributed by atoms with E-state index in [-0.39, 0.29) is 30.0 Å². The Morgan fingerprint density at radius 1 is 1.47 bits per heavy atom. The van der Waals surface area contributed by atoms with E-state index in [1.54, 1.807) is 0 Å². The lowest BCUT2D eigenvalue weighted by atomic mass is 9.88. The second kappa shape index (κ2) is 6.91. The van der Waals surface area contributed by atoms with Crippen LogP contribution >= 0.6 is 12.4 Å². The largest absolute Gasteiger partial charge is 0.393 e. The summed E-state index contributed by atoms with van der Waals surface area (Å²) in [5, 5.41) is 13.0. The Balaban J connectivity index is 0.00000180. The third-order valence-corrected chi connectivity index (χ3v) is 4.77. The second-order valence-electron chi connectivity index (χ2n) is 5.84. The number of likely N-dealkylation sites (tertiary alicyclic amines) is 1. The topological polar surface area (TPSA) is 52.6 Å². The molecule has 0 aromatic heterocycles. The van der Waals surface area contributed by atoms with Crippen LogP contribution in [-0.2, 0) is 4.79 Å². The lowest BCUT2D eigenvalue weighted by Crippen LogP contribution is -2.56. The van der Waals surface area contributed by atoms with E-state index in [1.807, 2.05) is 11.8 Å². The average Bonchev–Trinajstić information content (AvgIpc) is 2.88. The minimum atomic E-state index is -0.294. The maximum absolute atomic E-state index is 12.6. The van der Waals surface area contributed by atoms with Crippen LogP contribution in [0, 0.1) is 5.92 Å². The zero-order valence-electron chi connectivity index (χ0n) is 12.0. The van der Waals surface area contributed by atoms with Crippen LogP contribution < -0.4 is 5.32 Å². The Labute approximate surface area is 122 Å². The van der Waals surface area contributed by atoms with Crippen molar-refractivity contribution in [3.63, 3.8) is 0 Å². The fraction of sp³-hybridized carbons (Fsp3) is 0.929. The van der Waals surface area contributed by atoms with Crippen molar-refractivity contribution in [2.24, 2.45) is 5.92 Å². The van der Waals surface area contributed by atoms with Gasteiger partial charge in [0.1, 0.15) is 0 Å². The summed E-state index contributed by atoms with van der Waals surface area (Å²) in [5.74, 6) is 0.648. The summed E-state index contributed by atoms with van der Waals surface area (Å²) >= 11 is 0. The zero-order valence-corrected chi connectivity index (χ0v) is 12.8. The molecule has 0 aliphatic carbocycles. The van der Waals surface area contributed by atoms with Crippen LogP contribution in [0.3, 0.4) is 0 Å². The third-order valence-electron chi connectivity index (χ3n) is 4.77. The van der Waals surface area contributed by atoms with Gasteiger partial charge in [0.25, 0.3) is 0 Å². The number of rotatable bonds is 3. The van der Waals surface area contributed by atoms with Gasteiger partial charge in [0.05, 0.1) is 11.6 Å². The number of piperidine rings is 1. The molecule has 5 heteroatoms. The number of hydrogen-bond donors (Lipinski definition) is 2. The van der Waals surface area contributed by atoms with Gasteiger partial charge in [0.2, 0.25) is 5.91 Å². The summed E-state index contributed by atoms with van der Waals surface area (Å²) in [6.45, 7) is 6.52. The molecule has 2 unspecified atom stereocenters. The fourth-order valence-corrected chi connectivity index (χ4v) is 3.33. The molecule has 0 radical (unpaired) electrons. The summed E-state index contributed by atoms with van der Waals surface area (Å²) in [6, 6.07) is 0. The van der Waals surface area contributed by atoms with Crippen molar-refractivity contribution in [3.8, 4) is 0 Å². The molecule has 2 heterocycles. The van der Waals surface area contributed by atoms with Gasteiger partial charge in [-0.3, -0.25) is 4.79 Å². The van der Waals surface area contributed by atoms with Crippen LogP contribution in [-0.4, -0.2) is 47.2 Å². The molecule has 2 aliphatic heterocycles. The molecule has 19 heavy (non-hydrogen) atoms. The predicted molar refractivity (Wildman–Crippen MR) is 78.5 cm³/mol. The zero-order chi connectivity index (χ0) is 13.2. The summed E-state index contributed by atoms with van der Waals surface area (Å²) in [6.07, 6.45) is 4.57. The predicted octanol–water partition coefficient (Wildman–Crippen LogP) is 1.56. The van der Waals surface area contributed by atoms with E-state index < -0.39 is 0 Å². The van der Waals surface area contributed by atoms with Crippen molar-refractivity contribution in [1.82, 2.24) is 10.2 Å². The van der Waals surface area contributed by atoms with Crippen molar-refractivity contribution in [3.05, 3.63) is 0 Å². The quantitative estimate of drug-likeness (QED) is 0.829. The Hall–Kier alpha value is -0.320. The van der Waals surface area contributed by atoms with Crippen molar-refractivity contribution in [1.29, 1.82) is 0 Å². The van der Waals surface area contributed by atoms with Crippen molar-refractivity contribution < 1.29 is 9.90 Å². The minimum absolute atomic E-state index is 0. The van der Waals surface area contributed by atoms with E-state index in [4.69, 9.17) is 0 Å². The van der Waals surface area contributed by atoms with Gasteiger partial charge in [-0.05, 0) is 51.5 Å². The number of hydrogen-bond acceptors (Lipinski definition) is 3. The second-order valence-corrected chi connectivity index (χ2v) is 5.84. The van der Waals surface area contributed by atoms with Gasteiger partial charge in [-0.2, -0.15) is 0 Å². The number of nitrogens with one attached hydrogen (secondary N) is 1. The molecule has 0 spiro atoms. The molecule has 2 saturated heterocycles. The summed E-state index contributed by atoms with van der Waals surface area (Å²) in [7, 11) is 0. The molecule has 1 amide bonds. The van der Waals surface area contributed by atoms with Crippen molar-refractivity contribution >= 4 is 18.3 Å². The Morgan fingerprint density at radius 2 is 2.11 bits per heavy atom. The van der Waals surface area contributed by atoms with Gasteiger partial charge in [0.15, 0.2) is 0 Å². The van der Waals surface area contributed by atoms with E-state index >= 15 is 0 Å². The van der Waals surface area contributed by atoms with Crippen LogP contribution in [0.25, 0.3) is 0 Å². The molecule has 2 atom stereocenters. The molecular weight excluding hydrogens is 264 g/mol. The number of aliphatic hydroxyl groups is 1. The first-order valence-electron chi connectivity index (χ1n) is 7.31. The highest BCUT2D eigenvalue weighted by Crippen LogP contribution is 2.28. The molecule has 2 fully saturated rings. The van der Waals surface area contributed by atoms with Crippen molar-refractivity contribution in [2.75, 3.05) is 19.6 Å². The Bertz CT molecular complexity index is 296. The van der Waals surface area contributed by atoms with E-state index in [0.29, 0.717) is 5.92 Å². The van der Waals surface area contributed by atoms with Crippen LogP contribution in [0.15, 0.2) is 0 Å². The Kier molecular flexibility index (Phi) is 6.09. The molecule has 2 aliphatic rings. The highest BCUT2D eigenvalue weighted by Gasteiger charge is 2.42. The first-order chi connectivity index (χ1) is 8.59. The smallest absolute Gasteiger partial charge is 0.242 e. The minimum Gasteiger partial charge on any atom is -0.393 e. The van der Waals surface area contributed by atoms with Gasteiger partial charge in [-0.15, -0.1) is 12.4 Å². The molecule has 0 bridgehead atoms. The maximum Gasteiger partial charge on any atom is 0.242 e. The summed E-state index contributed by atoms with van der Waals surface area (Å²) in [5.41, 5.74) is -0.294. The van der Waals surface area contributed by atoms with E-state index in [9.17, 15) is 9.90 Å². The van der Waals surface area contributed by atoms with Crippen LogP contribution in [0.1, 0.15) is 46.0 Å².